The number of hydrogen-bond acceptors (Lipinski definition) is 5. The van der Waals surface area contributed by atoms with Crippen LogP contribution < -0.4 is 5.32 Å². The molecular formula is C16H17FN4OS. The summed E-state index contributed by atoms with van der Waals surface area (Å²) in [6, 6.07) is 6.33. The second kappa shape index (κ2) is 5.90. The van der Waals surface area contributed by atoms with Crippen molar-refractivity contribution in [1.29, 1.82) is 0 Å². The van der Waals surface area contributed by atoms with E-state index in [2.05, 4.69) is 15.4 Å². The molecule has 0 unspecified atom stereocenters. The van der Waals surface area contributed by atoms with Crippen molar-refractivity contribution in [3.05, 3.63) is 36.3 Å². The molecule has 2 heterocycles. The molecule has 23 heavy (non-hydrogen) atoms. The Morgan fingerprint density at radius 1 is 1.22 bits per heavy atom. The molecular weight excluding hydrogens is 315 g/mol. The average Bonchev–Trinajstić information content (AvgIpc) is 3.09. The lowest BCUT2D eigenvalue weighted by Crippen LogP contribution is -2.36. The van der Waals surface area contributed by atoms with Gasteiger partial charge in [0.25, 0.3) is 0 Å². The zero-order chi connectivity index (χ0) is 15.8. The molecule has 0 spiro atoms. The van der Waals surface area contributed by atoms with Crippen LogP contribution in [0.1, 0.15) is 25.7 Å². The highest BCUT2D eigenvalue weighted by Gasteiger charge is 2.24. The third kappa shape index (κ3) is 2.94. The van der Waals surface area contributed by atoms with Gasteiger partial charge in [-0.2, -0.15) is 0 Å². The molecule has 120 valence electrons. The lowest BCUT2D eigenvalue weighted by molar-refractivity contribution is 0.116. The van der Waals surface area contributed by atoms with Crippen LogP contribution in [-0.4, -0.2) is 31.9 Å². The molecule has 2 aromatic heterocycles. The van der Waals surface area contributed by atoms with Crippen molar-refractivity contribution in [2.75, 3.05) is 5.32 Å². The van der Waals surface area contributed by atoms with E-state index in [0.29, 0.717) is 0 Å². The first-order chi connectivity index (χ1) is 11.2. The van der Waals surface area contributed by atoms with Crippen molar-refractivity contribution in [2.24, 2.45) is 0 Å². The minimum absolute atomic E-state index is 0.0659. The minimum Gasteiger partial charge on any atom is -0.391 e. The second-order valence-electron chi connectivity index (χ2n) is 5.87. The Hall–Kier alpha value is -1.99. The summed E-state index contributed by atoms with van der Waals surface area (Å²) in [6.07, 6.45) is 5.54. The van der Waals surface area contributed by atoms with Crippen LogP contribution in [0.3, 0.4) is 0 Å². The summed E-state index contributed by atoms with van der Waals surface area (Å²) in [4.78, 5) is 5.31. The van der Waals surface area contributed by atoms with E-state index >= 15 is 0 Å². The molecule has 1 fully saturated rings. The molecule has 1 aromatic carbocycles. The fourth-order valence-corrected chi connectivity index (χ4v) is 3.80. The van der Waals surface area contributed by atoms with Gasteiger partial charge in [0.1, 0.15) is 5.82 Å². The number of aromatic nitrogens is 3. The Morgan fingerprint density at radius 3 is 2.74 bits per heavy atom. The maximum Gasteiger partial charge on any atom is 0.214 e. The lowest BCUT2D eigenvalue weighted by atomic mass is 9.93. The Labute approximate surface area is 136 Å². The molecule has 0 aliphatic heterocycles. The molecule has 1 aliphatic rings. The van der Waals surface area contributed by atoms with Gasteiger partial charge in [-0.25, -0.2) is 13.9 Å². The topological polar surface area (TPSA) is 62.5 Å². The molecule has 0 radical (unpaired) electrons. The highest BCUT2D eigenvalue weighted by Crippen LogP contribution is 2.27. The molecule has 1 saturated carbocycles. The molecule has 4 rings (SSSR count). The second-order valence-corrected chi connectivity index (χ2v) is 6.83. The van der Waals surface area contributed by atoms with Gasteiger partial charge in [0.15, 0.2) is 0 Å². The highest BCUT2D eigenvalue weighted by molar-refractivity contribution is 7.20. The summed E-state index contributed by atoms with van der Waals surface area (Å²) in [6.45, 7) is 0. The quantitative estimate of drug-likeness (QED) is 0.772. The fraction of sp³-hybridized carbons (Fsp3) is 0.375. The van der Waals surface area contributed by atoms with E-state index in [1.54, 1.807) is 16.6 Å². The molecule has 0 amide bonds. The zero-order valence-electron chi connectivity index (χ0n) is 12.4. The van der Waals surface area contributed by atoms with E-state index in [1.165, 1.54) is 23.5 Å². The first-order valence-corrected chi connectivity index (χ1v) is 8.57. The number of fused-ring (bicyclic) bond motifs is 1. The van der Waals surface area contributed by atoms with E-state index in [0.717, 1.165) is 47.0 Å². The minimum atomic E-state index is -0.310. The molecule has 7 heteroatoms. The number of benzene rings is 1. The number of aliphatic hydroxyl groups is 1. The third-order valence-electron chi connectivity index (χ3n) is 4.22. The summed E-state index contributed by atoms with van der Waals surface area (Å²) < 4.78 is 14.7. The number of imidazole rings is 1. The number of aliphatic hydroxyl groups excluding tert-OH is 1. The molecule has 2 N–H and O–H groups in total. The number of anilines is 1. The molecule has 1 aliphatic carbocycles. The van der Waals surface area contributed by atoms with E-state index in [-0.39, 0.29) is 18.0 Å². The van der Waals surface area contributed by atoms with E-state index in [1.807, 2.05) is 6.20 Å². The summed E-state index contributed by atoms with van der Waals surface area (Å²) in [5.74, 6) is -0.259. The molecule has 0 bridgehead atoms. The highest BCUT2D eigenvalue weighted by atomic mass is 32.1. The standard InChI is InChI=1S/C16H17FN4OS/c17-11-7-5-10(6-8-11)13-9-21-16(19-13)23-15(20-21)18-12-3-1-2-4-14(12)22/h5-9,12,14,22H,1-4H2,(H,18,20)/t12-,14-/m0/s1. The Kier molecular flexibility index (Phi) is 3.74. The number of nitrogens with one attached hydrogen (secondary N) is 1. The summed E-state index contributed by atoms with van der Waals surface area (Å²) >= 11 is 1.46. The summed E-state index contributed by atoms with van der Waals surface area (Å²) in [7, 11) is 0. The van der Waals surface area contributed by atoms with Crippen molar-refractivity contribution in [3.63, 3.8) is 0 Å². The van der Waals surface area contributed by atoms with Crippen LogP contribution in [0.4, 0.5) is 9.52 Å². The van der Waals surface area contributed by atoms with E-state index in [4.69, 9.17) is 0 Å². The van der Waals surface area contributed by atoms with E-state index in [9.17, 15) is 9.50 Å². The van der Waals surface area contributed by atoms with Gasteiger partial charge >= 0.3 is 0 Å². The van der Waals surface area contributed by atoms with Gasteiger partial charge in [0, 0.05) is 5.56 Å². The maximum atomic E-state index is 13.0. The third-order valence-corrected chi connectivity index (χ3v) is 5.08. The monoisotopic (exact) mass is 332 g/mol. The van der Waals surface area contributed by atoms with Gasteiger partial charge in [-0.1, -0.05) is 24.2 Å². The van der Waals surface area contributed by atoms with Crippen LogP contribution in [0.25, 0.3) is 16.2 Å². The number of halogens is 1. The van der Waals surface area contributed by atoms with Gasteiger partial charge in [0.2, 0.25) is 10.1 Å². The zero-order valence-corrected chi connectivity index (χ0v) is 13.3. The first-order valence-electron chi connectivity index (χ1n) is 7.76. The predicted molar refractivity (Wildman–Crippen MR) is 88.1 cm³/mol. The van der Waals surface area contributed by atoms with Gasteiger partial charge in [-0.3, -0.25) is 0 Å². The predicted octanol–water partition coefficient (Wildman–Crippen LogP) is 3.31. The Balaban J connectivity index is 1.55. The summed E-state index contributed by atoms with van der Waals surface area (Å²) in [5, 5.41) is 18.6. The number of rotatable bonds is 3. The van der Waals surface area contributed by atoms with Crippen molar-refractivity contribution in [1.82, 2.24) is 14.6 Å². The van der Waals surface area contributed by atoms with Gasteiger partial charge < -0.3 is 10.4 Å². The average molecular weight is 332 g/mol. The Bertz CT molecular complexity index is 782. The smallest absolute Gasteiger partial charge is 0.214 e. The normalized spacial score (nSPS) is 21.7. The van der Waals surface area contributed by atoms with Crippen LogP contribution in [-0.2, 0) is 0 Å². The van der Waals surface area contributed by atoms with Crippen molar-refractivity contribution in [3.8, 4) is 11.3 Å². The van der Waals surface area contributed by atoms with Crippen molar-refractivity contribution in [2.45, 2.75) is 37.8 Å². The van der Waals surface area contributed by atoms with Crippen LogP contribution in [0.2, 0.25) is 0 Å². The largest absolute Gasteiger partial charge is 0.391 e. The molecule has 0 saturated heterocycles. The summed E-state index contributed by atoms with van der Waals surface area (Å²) in [5.41, 5.74) is 1.63. The van der Waals surface area contributed by atoms with Gasteiger partial charge in [-0.05, 0) is 37.1 Å². The van der Waals surface area contributed by atoms with E-state index < -0.39 is 0 Å². The maximum absolute atomic E-state index is 13.0. The SMILES string of the molecule is O[C@H]1CCCC[C@@H]1Nc1nn2cc(-c3ccc(F)cc3)nc2s1. The molecule has 2 atom stereocenters. The lowest BCUT2D eigenvalue weighted by Gasteiger charge is -2.27. The number of nitrogens with zero attached hydrogens (tertiary/aromatic N) is 3. The van der Waals surface area contributed by atoms with Crippen LogP contribution in [0.5, 0.6) is 0 Å². The Morgan fingerprint density at radius 2 is 2.00 bits per heavy atom. The molecule has 5 nitrogen and oxygen atoms in total. The van der Waals surface area contributed by atoms with Gasteiger partial charge in [0.05, 0.1) is 24.0 Å². The van der Waals surface area contributed by atoms with Crippen molar-refractivity contribution < 1.29 is 9.50 Å². The van der Waals surface area contributed by atoms with Crippen molar-refractivity contribution >= 4 is 21.4 Å². The van der Waals surface area contributed by atoms with Crippen LogP contribution in [0.15, 0.2) is 30.5 Å². The van der Waals surface area contributed by atoms with Crippen LogP contribution >= 0.6 is 11.3 Å². The molecule has 3 aromatic rings. The van der Waals surface area contributed by atoms with Crippen LogP contribution in [0, 0.1) is 5.82 Å². The first kappa shape index (κ1) is 14.6. The number of hydrogen-bond donors (Lipinski definition) is 2. The fourth-order valence-electron chi connectivity index (χ4n) is 2.96. The van der Waals surface area contributed by atoms with Gasteiger partial charge in [-0.15, -0.1) is 5.10 Å².